The Labute approximate surface area is 122 Å². The van der Waals surface area contributed by atoms with Gasteiger partial charge in [0.2, 0.25) is 0 Å². The van der Waals surface area contributed by atoms with Crippen LogP contribution in [0.15, 0.2) is 41.2 Å². The highest BCUT2D eigenvalue weighted by atomic mass is 28.4. The van der Waals surface area contributed by atoms with Crippen LogP contribution in [0.5, 0.6) is 0 Å². The number of allylic oxidation sites excluding steroid dienone is 1. The Morgan fingerprint density at radius 1 is 0.842 bits per heavy atom. The molecule has 0 nitrogen and oxygen atoms in total. The van der Waals surface area contributed by atoms with Crippen molar-refractivity contribution in [1.29, 1.82) is 0 Å². The minimum Gasteiger partial charge on any atom is -0.0941 e. The number of hydrogen-bond donors (Lipinski definition) is 0. The Kier molecular flexibility index (Phi) is 4.68. The first-order valence-corrected chi connectivity index (χ1v) is 14.2. The van der Waals surface area contributed by atoms with E-state index in [1.807, 2.05) is 0 Å². The summed E-state index contributed by atoms with van der Waals surface area (Å²) in [5, 5.41) is 0. The Bertz CT molecular complexity index is 426. The molecule has 0 bridgehead atoms. The second-order valence-corrected chi connectivity index (χ2v) is 18.7. The van der Waals surface area contributed by atoms with Gasteiger partial charge in [-0.1, -0.05) is 94.4 Å². The molecule has 0 atom stereocenters. The SMILES string of the molecule is CC(C)(C=C([Si](C)(C)C)[Si](C)(C)C)c1ccccc1. The van der Waals surface area contributed by atoms with Crippen molar-refractivity contribution >= 4 is 16.1 Å². The zero-order chi connectivity index (χ0) is 14.9. The molecule has 0 aliphatic rings. The van der Waals surface area contributed by atoms with Crippen molar-refractivity contribution in [2.75, 3.05) is 0 Å². The first kappa shape index (κ1) is 16.4. The van der Waals surface area contributed by atoms with Crippen LogP contribution < -0.4 is 0 Å². The molecule has 1 rings (SSSR count). The normalized spacial score (nSPS) is 13.3. The Balaban J connectivity index is 3.30. The first-order valence-electron chi connectivity index (χ1n) is 7.24. The number of rotatable bonds is 4. The van der Waals surface area contributed by atoms with Crippen molar-refractivity contribution in [2.45, 2.75) is 58.5 Å². The predicted octanol–water partition coefficient (Wildman–Crippen LogP) is 5.65. The fourth-order valence-corrected chi connectivity index (χ4v) is 13.5. The van der Waals surface area contributed by atoms with Crippen LogP contribution in [0, 0.1) is 0 Å². The van der Waals surface area contributed by atoms with Crippen LogP contribution >= 0.6 is 0 Å². The lowest BCUT2D eigenvalue weighted by atomic mass is 9.85. The lowest BCUT2D eigenvalue weighted by molar-refractivity contribution is 0.669. The maximum atomic E-state index is 2.60. The quantitative estimate of drug-likeness (QED) is 0.629. The molecule has 0 aliphatic heterocycles. The predicted molar refractivity (Wildman–Crippen MR) is 94.2 cm³/mol. The summed E-state index contributed by atoms with van der Waals surface area (Å²) in [5.41, 5.74) is 1.56. The van der Waals surface area contributed by atoms with E-state index in [1.54, 1.807) is 4.82 Å². The van der Waals surface area contributed by atoms with E-state index < -0.39 is 16.1 Å². The van der Waals surface area contributed by atoms with E-state index in [4.69, 9.17) is 0 Å². The van der Waals surface area contributed by atoms with Crippen LogP contribution in [-0.4, -0.2) is 16.1 Å². The van der Waals surface area contributed by atoms with Crippen LogP contribution in [0.25, 0.3) is 0 Å². The van der Waals surface area contributed by atoms with Crippen molar-refractivity contribution in [3.63, 3.8) is 0 Å². The van der Waals surface area contributed by atoms with Crippen molar-refractivity contribution in [3.8, 4) is 0 Å². The fraction of sp³-hybridized carbons (Fsp3) is 0.529. The Morgan fingerprint density at radius 3 is 1.63 bits per heavy atom. The van der Waals surface area contributed by atoms with Crippen LogP contribution in [0.3, 0.4) is 0 Å². The van der Waals surface area contributed by atoms with Gasteiger partial charge in [0.25, 0.3) is 0 Å². The molecule has 106 valence electrons. The van der Waals surface area contributed by atoms with Gasteiger partial charge < -0.3 is 0 Å². The van der Waals surface area contributed by atoms with Crippen LogP contribution in [-0.2, 0) is 5.41 Å². The van der Waals surface area contributed by atoms with Crippen molar-refractivity contribution < 1.29 is 0 Å². The second kappa shape index (κ2) is 5.41. The molecular weight excluding hydrogens is 260 g/mol. The molecule has 0 aromatic heterocycles. The molecule has 0 saturated carbocycles. The summed E-state index contributed by atoms with van der Waals surface area (Å²) in [6.45, 7) is 19.6. The minimum absolute atomic E-state index is 0.136. The number of benzene rings is 1. The average Bonchev–Trinajstić information content (AvgIpc) is 2.24. The summed E-state index contributed by atoms with van der Waals surface area (Å²) >= 11 is 0. The molecule has 0 spiro atoms. The largest absolute Gasteiger partial charge is 0.0941 e. The van der Waals surface area contributed by atoms with Crippen molar-refractivity contribution in [3.05, 3.63) is 46.8 Å². The van der Waals surface area contributed by atoms with Gasteiger partial charge in [0, 0.05) is 5.41 Å². The average molecular weight is 291 g/mol. The molecular formula is C17H30Si2. The van der Waals surface area contributed by atoms with E-state index in [2.05, 4.69) is 89.5 Å². The molecule has 2 heteroatoms. The maximum Gasteiger partial charge on any atom is 0.0678 e. The van der Waals surface area contributed by atoms with Gasteiger partial charge in [-0.05, 0) is 5.56 Å². The van der Waals surface area contributed by atoms with Gasteiger partial charge in [-0.3, -0.25) is 0 Å². The Morgan fingerprint density at radius 2 is 1.26 bits per heavy atom. The standard InChI is InChI=1S/C17H30Si2/c1-17(2,15-12-10-9-11-13-15)14-16(18(3,4)5)19(6,7)8/h9-14H,1-8H3. The molecule has 0 aliphatic carbocycles. The topological polar surface area (TPSA) is 0 Å². The lowest BCUT2D eigenvalue weighted by Crippen LogP contribution is -2.41. The summed E-state index contributed by atoms with van der Waals surface area (Å²) in [5.74, 6) is 0. The van der Waals surface area contributed by atoms with Gasteiger partial charge in [0.05, 0.1) is 16.1 Å². The zero-order valence-electron chi connectivity index (χ0n) is 14.0. The lowest BCUT2D eigenvalue weighted by Gasteiger charge is -2.35. The van der Waals surface area contributed by atoms with Crippen molar-refractivity contribution in [2.24, 2.45) is 0 Å². The molecule has 1 aromatic carbocycles. The van der Waals surface area contributed by atoms with Gasteiger partial charge >= 0.3 is 0 Å². The van der Waals surface area contributed by atoms with Crippen LogP contribution in [0.2, 0.25) is 39.3 Å². The van der Waals surface area contributed by atoms with Crippen LogP contribution in [0.4, 0.5) is 0 Å². The fourth-order valence-electron chi connectivity index (χ4n) is 2.87. The molecule has 0 fully saturated rings. The van der Waals surface area contributed by atoms with E-state index in [0.29, 0.717) is 0 Å². The second-order valence-electron chi connectivity index (χ2n) is 8.15. The van der Waals surface area contributed by atoms with E-state index in [0.717, 1.165) is 0 Å². The van der Waals surface area contributed by atoms with Crippen LogP contribution in [0.1, 0.15) is 19.4 Å². The van der Waals surface area contributed by atoms with E-state index >= 15 is 0 Å². The molecule has 0 saturated heterocycles. The summed E-state index contributed by atoms with van der Waals surface area (Å²) in [6, 6.07) is 10.9. The summed E-state index contributed by atoms with van der Waals surface area (Å²) < 4.78 is 0. The van der Waals surface area contributed by atoms with E-state index in [-0.39, 0.29) is 5.41 Å². The maximum absolute atomic E-state index is 2.60. The molecule has 0 heterocycles. The monoisotopic (exact) mass is 290 g/mol. The molecule has 1 aromatic rings. The molecule has 0 unspecified atom stereocenters. The Hall–Kier alpha value is -0.606. The van der Waals surface area contributed by atoms with Gasteiger partial charge in [0.1, 0.15) is 0 Å². The van der Waals surface area contributed by atoms with Gasteiger partial charge in [-0.2, -0.15) is 0 Å². The summed E-state index contributed by atoms with van der Waals surface area (Å²) in [4.78, 5) is 1.80. The molecule has 0 amide bonds. The molecule has 0 N–H and O–H groups in total. The van der Waals surface area contributed by atoms with E-state index in [1.165, 1.54) is 5.56 Å². The third kappa shape index (κ3) is 4.46. The highest BCUT2D eigenvalue weighted by Crippen LogP contribution is 2.32. The summed E-state index contributed by atoms with van der Waals surface area (Å²) in [7, 11) is -2.48. The molecule has 0 radical (unpaired) electrons. The van der Waals surface area contributed by atoms with Gasteiger partial charge in [0.15, 0.2) is 0 Å². The van der Waals surface area contributed by atoms with Gasteiger partial charge in [-0.25, -0.2) is 0 Å². The zero-order valence-corrected chi connectivity index (χ0v) is 16.0. The third-order valence-electron chi connectivity index (χ3n) is 3.64. The van der Waals surface area contributed by atoms with Crippen molar-refractivity contribution in [1.82, 2.24) is 0 Å². The smallest absolute Gasteiger partial charge is 0.0678 e. The highest BCUT2D eigenvalue weighted by Gasteiger charge is 2.33. The third-order valence-corrected chi connectivity index (χ3v) is 11.7. The first-order chi connectivity index (χ1) is 8.44. The summed E-state index contributed by atoms with van der Waals surface area (Å²) in [6.07, 6.45) is 2.60. The molecule has 19 heavy (non-hydrogen) atoms. The minimum atomic E-state index is -1.24. The highest BCUT2D eigenvalue weighted by molar-refractivity contribution is 7.04. The van der Waals surface area contributed by atoms with Gasteiger partial charge in [-0.15, -0.1) is 0 Å². The number of hydrogen-bond acceptors (Lipinski definition) is 0. The van der Waals surface area contributed by atoms with E-state index in [9.17, 15) is 0 Å².